The molecule has 0 saturated heterocycles. The molecular formula is C13H16N4O3. The topological polar surface area (TPSA) is 90.1 Å². The van der Waals surface area contributed by atoms with Crippen molar-refractivity contribution in [2.45, 2.75) is 20.4 Å². The summed E-state index contributed by atoms with van der Waals surface area (Å²) < 4.78 is 6.59. The first kappa shape index (κ1) is 14.0. The lowest BCUT2D eigenvalue weighted by atomic mass is 9.94. The molecule has 0 amide bonds. The van der Waals surface area contributed by atoms with Crippen LogP contribution in [0.3, 0.4) is 0 Å². The minimum absolute atomic E-state index is 0.191. The minimum Gasteiger partial charge on any atom is -0.497 e. The number of ether oxygens (including phenoxy) is 1. The fourth-order valence-corrected chi connectivity index (χ4v) is 1.70. The molecule has 0 atom stereocenters. The molecule has 0 bridgehead atoms. The number of carbonyl (C=O) groups is 1. The number of carboxylic acid groups (broad SMARTS) is 1. The number of tetrazole rings is 1. The predicted octanol–water partition coefficient (Wildman–Crippen LogP) is 1.46. The number of nitrogens with zero attached hydrogens (tertiary/aromatic N) is 4. The van der Waals surface area contributed by atoms with Gasteiger partial charge in [-0.25, -0.2) is 4.68 Å². The van der Waals surface area contributed by atoms with Crippen LogP contribution in [0.1, 0.15) is 13.8 Å². The van der Waals surface area contributed by atoms with Crippen LogP contribution in [0.15, 0.2) is 24.3 Å². The first-order valence-corrected chi connectivity index (χ1v) is 6.08. The molecule has 0 aliphatic rings. The first-order chi connectivity index (χ1) is 9.44. The van der Waals surface area contributed by atoms with Gasteiger partial charge in [0.15, 0.2) is 5.82 Å². The van der Waals surface area contributed by atoms with Gasteiger partial charge in [-0.2, -0.15) is 0 Å². The summed E-state index contributed by atoms with van der Waals surface area (Å²) in [5, 5.41) is 20.6. The Morgan fingerprint density at radius 2 is 2.00 bits per heavy atom. The van der Waals surface area contributed by atoms with Crippen LogP contribution in [0.25, 0.3) is 11.4 Å². The highest BCUT2D eigenvalue weighted by Crippen LogP contribution is 2.23. The third-order valence-corrected chi connectivity index (χ3v) is 3.00. The Morgan fingerprint density at radius 3 is 2.55 bits per heavy atom. The van der Waals surface area contributed by atoms with Crippen molar-refractivity contribution >= 4 is 5.97 Å². The Balaban J connectivity index is 2.30. The van der Waals surface area contributed by atoms with E-state index in [1.54, 1.807) is 33.1 Å². The molecule has 106 valence electrons. The number of carboxylic acids is 1. The number of rotatable bonds is 5. The maximum atomic E-state index is 11.2. The molecule has 20 heavy (non-hydrogen) atoms. The fraction of sp³-hybridized carbons (Fsp3) is 0.385. The van der Waals surface area contributed by atoms with Gasteiger partial charge in [-0.3, -0.25) is 4.79 Å². The third kappa shape index (κ3) is 2.76. The highest BCUT2D eigenvalue weighted by atomic mass is 16.5. The third-order valence-electron chi connectivity index (χ3n) is 3.00. The maximum absolute atomic E-state index is 11.2. The van der Waals surface area contributed by atoms with E-state index in [1.807, 2.05) is 12.1 Å². The summed E-state index contributed by atoms with van der Waals surface area (Å²) in [6.07, 6.45) is 0. The van der Waals surface area contributed by atoms with Crippen LogP contribution in [0, 0.1) is 5.41 Å². The zero-order valence-electron chi connectivity index (χ0n) is 11.6. The zero-order valence-corrected chi connectivity index (χ0v) is 11.6. The Morgan fingerprint density at radius 1 is 1.35 bits per heavy atom. The van der Waals surface area contributed by atoms with Gasteiger partial charge < -0.3 is 9.84 Å². The molecule has 2 rings (SSSR count). The molecule has 0 unspecified atom stereocenters. The number of aromatic nitrogens is 4. The summed E-state index contributed by atoms with van der Waals surface area (Å²) in [6, 6.07) is 7.26. The standard InChI is InChI=1S/C13H16N4O3/c1-13(2,12(18)19)8-17-11(14-15-16-17)9-4-6-10(20-3)7-5-9/h4-7H,8H2,1-3H3,(H,18,19). The molecule has 1 N–H and O–H groups in total. The van der Waals surface area contributed by atoms with Gasteiger partial charge in [-0.15, -0.1) is 5.10 Å². The average molecular weight is 276 g/mol. The number of aliphatic carboxylic acids is 1. The van der Waals surface area contributed by atoms with Crippen LogP contribution in [0.2, 0.25) is 0 Å². The molecule has 0 radical (unpaired) electrons. The van der Waals surface area contributed by atoms with E-state index >= 15 is 0 Å². The van der Waals surface area contributed by atoms with Crippen molar-refractivity contribution < 1.29 is 14.6 Å². The van der Waals surface area contributed by atoms with Crippen molar-refractivity contribution in [2.75, 3.05) is 7.11 Å². The quantitative estimate of drug-likeness (QED) is 0.889. The van der Waals surface area contributed by atoms with Crippen molar-refractivity contribution in [3.05, 3.63) is 24.3 Å². The molecule has 0 aliphatic carbocycles. The van der Waals surface area contributed by atoms with Gasteiger partial charge in [0.1, 0.15) is 5.75 Å². The molecule has 0 fully saturated rings. The largest absolute Gasteiger partial charge is 0.497 e. The molecule has 2 aromatic rings. The van der Waals surface area contributed by atoms with E-state index in [0.29, 0.717) is 5.82 Å². The molecule has 0 aliphatic heterocycles. The maximum Gasteiger partial charge on any atom is 0.310 e. The van der Waals surface area contributed by atoms with Crippen molar-refractivity contribution in [1.82, 2.24) is 20.2 Å². The normalized spacial score (nSPS) is 11.3. The van der Waals surface area contributed by atoms with Gasteiger partial charge in [0, 0.05) is 5.56 Å². The van der Waals surface area contributed by atoms with Crippen LogP contribution in [0.5, 0.6) is 5.75 Å². The number of methoxy groups -OCH3 is 1. The lowest BCUT2D eigenvalue weighted by Gasteiger charge is -2.19. The van der Waals surface area contributed by atoms with Crippen LogP contribution in [-0.4, -0.2) is 38.4 Å². The molecule has 7 heteroatoms. The van der Waals surface area contributed by atoms with Gasteiger partial charge in [0.05, 0.1) is 19.1 Å². The van der Waals surface area contributed by atoms with Crippen molar-refractivity contribution in [3.8, 4) is 17.1 Å². The summed E-state index contributed by atoms with van der Waals surface area (Å²) in [6.45, 7) is 3.46. The lowest BCUT2D eigenvalue weighted by Crippen LogP contribution is -2.30. The minimum atomic E-state index is -0.948. The number of benzene rings is 1. The van der Waals surface area contributed by atoms with Gasteiger partial charge in [0.2, 0.25) is 0 Å². The van der Waals surface area contributed by atoms with Crippen molar-refractivity contribution in [2.24, 2.45) is 5.41 Å². The second-order valence-electron chi connectivity index (χ2n) is 5.08. The first-order valence-electron chi connectivity index (χ1n) is 6.08. The molecule has 1 aromatic carbocycles. The van der Waals surface area contributed by atoms with E-state index in [9.17, 15) is 9.90 Å². The molecule has 7 nitrogen and oxygen atoms in total. The fourth-order valence-electron chi connectivity index (χ4n) is 1.70. The molecule has 1 heterocycles. The van der Waals surface area contributed by atoms with E-state index in [2.05, 4.69) is 15.5 Å². The summed E-state index contributed by atoms with van der Waals surface area (Å²) in [5.41, 5.74) is -0.145. The van der Waals surface area contributed by atoms with Crippen LogP contribution in [0.4, 0.5) is 0 Å². The van der Waals surface area contributed by atoms with Crippen LogP contribution in [-0.2, 0) is 11.3 Å². The monoisotopic (exact) mass is 276 g/mol. The molecular weight excluding hydrogens is 260 g/mol. The Hall–Kier alpha value is -2.44. The predicted molar refractivity (Wildman–Crippen MR) is 71.2 cm³/mol. The van der Waals surface area contributed by atoms with Crippen LogP contribution < -0.4 is 4.74 Å². The Labute approximate surface area is 116 Å². The number of hydrogen-bond donors (Lipinski definition) is 1. The molecule has 0 spiro atoms. The van der Waals surface area contributed by atoms with Gasteiger partial charge in [0.25, 0.3) is 0 Å². The highest BCUT2D eigenvalue weighted by Gasteiger charge is 2.29. The highest BCUT2D eigenvalue weighted by molar-refractivity contribution is 5.73. The van der Waals surface area contributed by atoms with E-state index in [0.717, 1.165) is 11.3 Å². The van der Waals surface area contributed by atoms with E-state index < -0.39 is 11.4 Å². The van der Waals surface area contributed by atoms with E-state index in [-0.39, 0.29) is 6.54 Å². The summed E-state index contributed by atoms with van der Waals surface area (Å²) >= 11 is 0. The molecule has 1 aromatic heterocycles. The van der Waals surface area contributed by atoms with Crippen molar-refractivity contribution in [1.29, 1.82) is 0 Å². The van der Waals surface area contributed by atoms with E-state index in [4.69, 9.17) is 4.74 Å². The molecule has 0 saturated carbocycles. The summed E-state index contributed by atoms with van der Waals surface area (Å²) in [4.78, 5) is 11.2. The van der Waals surface area contributed by atoms with Crippen LogP contribution >= 0.6 is 0 Å². The number of hydrogen-bond acceptors (Lipinski definition) is 5. The van der Waals surface area contributed by atoms with E-state index in [1.165, 1.54) is 4.68 Å². The summed E-state index contributed by atoms with van der Waals surface area (Å²) in [7, 11) is 1.59. The lowest BCUT2D eigenvalue weighted by molar-refractivity contribution is -0.147. The van der Waals surface area contributed by atoms with Gasteiger partial charge >= 0.3 is 5.97 Å². The second kappa shape index (κ2) is 5.28. The average Bonchev–Trinajstić information content (AvgIpc) is 2.86. The van der Waals surface area contributed by atoms with Gasteiger partial charge in [-0.1, -0.05) is 0 Å². The zero-order chi connectivity index (χ0) is 14.8. The second-order valence-corrected chi connectivity index (χ2v) is 5.08. The van der Waals surface area contributed by atoms with Gasteiger partial charge in [-0.05, 0) is 48.5 Å². The summed E-state index contributed by atoms with van der Waals surface area (Å²) in [5.74, 6) is 0.370. The smallest absolute Gasteiger partial charge is 0.310 e. The SMILES string of the molecule is COc1ccc(-c2nnnn2CC(C)(C)C(=O)O)cc1. The Bertz CT molecular complexity index is 604. The van der Waals surface area contributed by atoms with Crippen molar-refractivity contribution in [3.63, 3.8) is 0 Å². The Kier molecular flexibility index (Phi) is 3.69.